The highest BCUT2D eigenvalue weighted by atomic mass is 16.6. The average Bonchev–Trinajstić information content (AvgIpc) is 2.70. The molecule has 0 aliphatic carbocycles. The van der Waals surface area contributed by atoms with Crippen LogP contribution in [0.15, 0.2) is 30.3 Å². The number of nitrogens with one attached hydrogen (secondary N) is 1. The van der Waals surface area contributed by atoms with Gasteiger partial charge in [0.05, 0.1) is 19.8 Å². The van der Waals surface area contributed by atoms with E-state index in [1.807, 2.05) is 35.8 Å². The summed E-state index contributed by atoms with van der Waals surface area (Å²) in [5.41, 5.74) is 2.97. The number of benzene rings is 1. The molecule has 2 rings (SSSR count). The van der Waals surface area contributed by atoms with Crippen LogP contribution in [0.3, 0.4) is 0 Å². The molecule has 2 N–H and O–H groups in total. The summed E-state index contributed by atoms with van der Waals surface area (Å²) in [4.78, 5) is 21.7. The summed E-state index contributed by atoms with van der Waals surface area (Å²) in [5, 5.41) is 9.41. The van der Waals surface area contributed by atoms with Crippen LogP contribution in [0, 0.1) is 0 Å². The van der Waals surface area contributed by atoms with Crippen LogP contribution < -0.4 is 5.43 Å². The number of hydrogen-bond donors (Lipinski definition) is 2. The Hall–Kier alpha value is -2.28. The SMILES string of the molecule is O=C(O)NN1CC(COCc2ccccc2)OC1=O. The summed E-state index contributed by atoms with van der Waals surface area (Å²) in [6.45, 7) is 0.777. The van der Waals surface area contributed by atoms with Crippen molar-refractivity contribution in [2.75, 3.05) is 13.2 Å². The zero-order valence-corrected chi connectivity index (χ0v) is 10.1. The molecule has 2 amide bonds. The second kappa shape index (κ2) is 6.05. The molecule has 0 saturated carbocycles. The Morgan fingerprint density at radius 3 is 2.89 bits per heavy atom. The Morgan fingerprint density at radius 1 is 1.47 bits per heavy atom. The lowest BCUT2D eigenvalue weighted by Crippen LogP contribution is -2.42. The molecule has 0 aromatic heterocycles. The van der Waals surface area contributed by atoms with Gasteiger partial charge in [0.2, 0.25) is 0 Å². The van der Waals surface area contributed by atoms with E-state index < -0.39 is 18.3 Å². The fourth-order valence-electron chi connectivity index (χ4n) is 1.70. The molecule has 1 aromatic carbocycles. The van der Waals surface area contributed by atoms with Gasteiger partial charge < -0.3 is 14.6 Å². The van der Waals surface area contributed by atoms with Gasteiger partial charge in [-0.1, -0.05) is 30.3 Å². The second-order valence-corrected chi connectivity index (χ2v) is 4.03. The van der Waals surface area contributed by atoms with Crippen LogP contribution in [0.4, 0.5) is 9.59 Å². The predicted molar refractivity (Wildman–Crippen MR) is 64.2 cm³/mol. The zero-order chi connectivity index (χ0) is 13.7. The standard InChI is InChI=1S/C12H14N2O5/c15-11(16)13-14-6-10(19-12(14)17)8-18-7-9-4-2-1-3-5-9/h1-5,10,13H,6-8H2,(H,15,16). The molecule has 7 nitrogen and oxygen atoms in total. The van der Waals surface area contributed by atoms with Gasteiger partial charge in [-0.05, 0) is 5.56 Å². The van der Waals surface area contributed by atoms with E-state index in [1.165, 1.54) is 0 Å². The zero-order valence-electron chi connectivity index (χ0n) is 10.1. The maximum absolute atomic E-state index is 11.3. The molecule has 19 heavy (non-hydrogen) atoms. The van der Waals surface area contributed by atoms with Crippen LogP contribution in [0.25, 0.3) is 0 Å². The smallest absolute Gasteiger partial charge is 0.429 e. The highest BCUT2D eigenvalue weighted by Gasteiger charge is 2.32. The summed E-state index contributed by atoms with van der Waals surface area (Å²) >= 11 is 0. The van der Waals surface area contributed by atoms with Gasteiger partial charge in [-0.3, -0.25) is 0 Å². The minimum Gasteiger partial charge on any atom is -0.464 e. The Labute approximate surface area is 109 Å². The number of rotatable bonds is 5. The Morgan fingerprint density at radius 2 is 2.21 bits per heavy atom. The third kappa shape index (κ3) is 3.85. The van der Waals surface area contributed by atoms with Crippen LogP contribution in [-0.2, 0) is 16.1 Å². The van der Waals surface area contributed by atoms with Crippen molar-refractivity contribution >= 4 is 12.2 Å². The fraction of sp³-hybridized carbons (Fsp3) is 0.333. The maximum atomic E-state index is 11.3. The molecule has 0 bridgehead atoms. The highest BCUT2D eigenvalue weighted by Crippen LogP contribution is 2.10. The number of ether oxygens (including phenoxy) is 2. The molecule has 1 fully saturated rings. The highest BCUT2D eigenvalue weighted by molar-refractivity contribution is 5.74. The van der Waals surface area contributed by atoms with Crippen LogP contribution in [0.5, 0.6) is 0 Å². The lowest BCUT2D eigenvalue weighted by atomic mass is 10.2. The molecule has 1 aromatic rings. The van der Waals surface area contributed by atoms with E-state index in [1.54, 1.807) is 0 Å². The molecule has 1 aliphatic rings. The number of carbonyl (C=O) groups is 2. The van der Waals surface area contributed by atoms with Gasteiger partial charge in [-0.2, -0.15) is 0 Å². The molecule has 7 heteroatoms. The Balaban J connectivity index is 1.73. The lowest BCUT2D eigenvalue weighted by molar-refractivity contribution is 0.0381. The maximum Gasteiger partial charge on any atom is 0.429 e. The van der Waals surface area contributed by atoms with Gasteiger partial charge in [0.25, 0.3) is 0 Å². The number of amides is 2. The Kier molecular flexibility index (Phi) is 4.19. The van der Waals surface area contributed by atoms with Crippen molar-refractivity contribution in [3.05, 3.63) is 35.9 Å². The summed E-state index contributed by atoms with van der Waals surface area (Å²) in [5.74, 6) is 0. The molecule has 1 atom stereocenters. The number of cyclic esters (lactones) is 1. The van der Waals surface area contributed by atoms with Crippen molar-refractivity contribution in [3.8, 4) is 0 Å². The van der Waals surface area contributed by atoms with Crippen LogP contribution in [0.1, 0.15) is 5.56 Å². The van der Waals surface area contributed by atoms with Crippen molar-refractivity contribution in [2.24, 2.45) is 0 Å². The van der Waals surface area contributed by atoms with Gasteiger partial charge in [0, 0.05) is 0 Å². The summed E-state index contributed by atoms with van der Waals surface area (Å²) in [6, 6.07) is 9.59. The first-order valence-electron chi connectivity index (χ1n) is 5.74. The van der Waals surface area contributed by atoms with Gasteiger partial charge in [-0.25, -0.2) is 20.0 Å². The molecule has 1 saturated heterocycles. The predicted octanol–water partition coefficient (Wildman–Crippen LogP) is 1.21. The van der Waals surface area contributed by atoms with E-state index in [9.17, 15) is 9.59 Å². The minimum atomic E-state index is -1.30. The Bertz CT molecular complexity index is 451. The summed E-state index contributed by atoms with van der Waals surface area (Å²) in [7, 11) is 0. The van der Waals surface area contributed by atoms with Crippen molar-refractivity contribution in [1.29, 1.82) is 0 Å². The lowest BCUT2D eigenvalue weighted by Gasteiger charge is -2.11. The number of carbonyl (C=O) groups excluding carboxylic acids is 1. The van der Waals surface area contributed by atoms with E-state index in [4.69, 9.17) is 14.6 Å². The van der Waals surface area contributed by atoms with Crippen molar-refractivity contribution in [3.63, 3.8) is 0 Å². The number of hydrogen-bond acceptors (Lipinski definition) is 4. The first-order chi connectivity index (χ1) is 9.15. The topological polar surface area (TPSA) is 88.1 Å². The van der Waals surface area contributed by atoms with Crippen LogP contribution in [-0.4, -0.2) is 41.6 Å². The largest absolute Gasteiger partial charge is 0.464 e. The summed E-state index contributed by atoms with van der Waals surface area (Å²) < 4.78 is 10.4. The molecular formula is C12H14N2O5. The van der Waals surface area contributed by atoms with E-state index in [-0.39, 0.29) is 13.2 Å². The quantitative estimate of drug-likeness (QED) is 0.836. The van der Waals surface area contributed by atoms with E-state index in [0.717, 1.165) is 10.6 Å². The molecule has 1 unspecified atom stereocenters. The van der Waals surface area contributed by atoms with E-state index in [2.05, 4.69) is 0 Å². The van der Waals surface area contributed by atoms with Crippen molar-refractivity contribution < 1.29 is 24.2 Å². The first-order valence-corrected chi connectivity index (χ1v) is 5.74. The normalized spacial score (nSPS) is 18.2. The van der Waals surface area contributed by atoms with Crippen molar-refractivity contribution in [1.82, 2.24) is 10.4 Å². The molecular weight excluding hydrogens is 252 g/mol. The minimum absolute atomic E-state index is 0.139. The van der Waals surface area contributed by atoms with Crippen LogP contribution in [0.2, 0.25) is 0 Å². The fourth-order valence-corrected chi connectivity index (χ4v) is 1.70. The van der Waals surface area contributed by atoms with Crippen molar-refractivity contribution in [2.45, 2.75) is 12.7 Å². The van der Waals surface area contributed by atoms with Gasteiger partial charge in [0.1, 0.15) is 6.10 Å². The number of nitrogens with zero attached hydrogens (tertiary/aromatic N) is 1. The third-order valence-corrected chi connectivity index (χ3v) is 2.52. The molecule has 1 aliphatic heterocycles. The molecule has 1 heterocycles. The van der Waals surface area contributed by atoms with Gasteiger partial charge in [-0.15, -0.1) is 0 Å². The van der Waals surface area contributed by atoms with Crippen LogP contribution >= 0.6 is 0 Å². The number of carboxylic acid groups (broad SMARTS) is 1. The molecule has 0 spiro atoms. The van der Waals surface area contributed by atoms with Gasteiger partial charge >= 0.3 is 12.2 Å². The average molecular weight is 266 g/mol. The third-order valence-electron chi connectivity index (χ3n) is 2.52. The molecule has 0 radical (unpaired) electrons. The summed E-state index contributed by atoms with van der Waals surface area (Å²) in [6.07, 6.45) is -2.48. The monoisotopic (exact) mass is 266 g/mol. The van der Waals surface area contributed by atoms with E-state index in [0.29, 0.717) is 6.61 Å². The van der Waals surface area contributed by atoms with Gasteiger partial charge in [0.15, 0.2) is 0 Å². The number of hydrazine groups is 1. The molecule has 102 valence electrons. The van der Waals surface area contributed by atoms with E-state index >= 15 is 0 Å². The first kappa shape index (κ1) is 13.2. The second-order valence-electron chi connectivity index (χ2n) is 4.03.